The minimum Gasteiger partial charge on any atom is -0.331 e. The second-order valence-corrected chi connectivity index (χ2v) is 7.71. The molecule has 0 saturated heterocycles. The van der Waals surface area contributed by atoms with E-state index in [1.807, 2.05) is 10.6 Å². The smallest absolute Gasteiger partial charge is 0.249 e. The molecule has 1 amide bonds. The van der Waals surface area contributed by atoms with Gasteiger partial charge in [0.25, 0.3) is 0 Å². The van der Waals surface area contributed by atoms with Crippen molar-refractivity contribution in [3.8, 4) is 0 Å². The zero-order chi connectivity index (χ0) is 15.7. The number of hydrogen-bond acceptors (Lipinski definition) is 4. The van der Waals surface area contributed by atoms with Gasteiger partial charge in [-0.05, 0) is 19.3 Å². The highest BCUT2D eigenvalue weighted by atomic mass is 32.2. The summed E-state index contributed by atoms with van der Waals surface area (Å²) in [4.78, 5) is 18.5. The molecule has 0 bridgehead atoms. The Hall–Kier alpha value is -1.67. The van der Waals surface area contributed by atoms with Crippen molar-refractivity contribution in [1.29, 1.82) is 0 Å². The molecule has 1 aromatic heterocycles. The molecule has 1 aromatic rings. The van der Waals surface area contributed by atoms with Gasteiger partial charge in [0.1, 0.15) is 0 Å². The molecule has 0 unspecified atom stereocenters. The minimum absolute atomic E-state index is 0.0642. The van der Waals surface area contributed by atoms with Crippen LogP contribution >= 0.6 is 0 Å². The number of rotatable bonds is 4. The number of sulfonamides is 1. The SMILES string of the molecule is CS(=O)(=O)NC[C@H]1CN(C(=O)C2=CCCC2)Cc2cncn21. The van der Waals surface area contributed by atoms with Gasteiger partial charge in [0.2, 0.25) is 15.9 Å². The minimum atomic E-state index is -3.26. The number of carbonyl (C=O) groups is 1. The molecule has 2 heterocycles. The van der Waals surface area contributed by atoms with Crippen LogP contribution in [0.15, 0.2) is 24.2 Å². The zero-order valence-corrected chi connectivity index (χ0v) is 13.3. The molecule has 3 rings (SSSR count). The van der Waals surface area contributed by atoms with Gasteiger partial charge in [-0.3, -0.25) is 4.79 Å². The summed E-state index contributed by atoms with van der Waals surface area (Å²) in [5.41, 5.74) is 1.81. The Morgan fingerprint density at radius 2 is 2.32 bits per heavy atom. The average molecular weight is 324 g/mol. The molecule has 0 aromatic carbocycles. The van der Waals surface area contributed by atoms with Crippen molar-refractivity contribution >= 4 is 15.9 Å². The summed E-state index contributed by atoms with van der Waals surface area (Å²) in [5, 5.41) is 0. The molecule has 0 spiro atoms. The Bertz CT molecular complexity index is 707. The Balaban J connectivity index is 1.77. The molecule has 2 aliphatic rings. The molecule has 1 N–H and O–H groups in total. The van der Waals surface area contributed by atoms with Crippen LogP contribution in [0.1, 0.15) is 31.0 Å². The third-order valence-electron chi connectivity index (χ3n) is 4.11. The highest BCUT2D eigenvalue weighted by molar-refractivity contribution is 7.88. The number of imidazole rings is 1. The van der Waals surface area contributed by atoms with Gasteiger partial charge in [-0.2, -0.15) is 0 Å². The van der Waals surface area contributed by atoms with E-state index in [2.05, 4.69) is 9.71 Å². The number of carbonyl (C=O) groups excluding carboxylic acids is 1. The molecular weight excluding hydrogens is 304 g/mol. The van der Waals surface area contributed by atoms with E-state index in [1.54, 1.807) is 17.4 Å². The van der Waals surface area contributed by atoms with E-state index in [4.69, 9.17) is 0 Å². The van der Waals surface area contributed by atoms with Crippen LogP contribution in [0.3, 0.4) is 0 Å². The van der Waals surface area contributed by atoms with Crippen molar-refractivity contribution in [3.63, 3.8) is 0 Å². The van der Waals surface area contributed by atoms with Gasteiger partial charge in [-0.25, -0.2) is 18.1 Å². The van der Waals surface area contributed by atoms with Crippen molar-refractivity contribution < 1.29 is 13.2 Å². The van der Waals surface area contributed by atoms with Gasteiger partial charge in [-0.1, -0.05) is 6.08 Å². The Labute approximate surface area is 130 Å². The molecule has 7 nitrogen and oxygen atoms in total. The lowest BCUT2D eigenvalue weighted by Crippen LogP contribution is -2.44. The highest BCUT2D eigenvalue weighted by Gasteiger charge is 2.30. The van der Waals surface area contributed by atoms with Crippen molar-refractivity contribution in [3.05, 3.63) is 29.9 Å². The fourth-order valence-corrected chi connectivity index (χ4v) is 3.51. The van der Waals surface area contributed by atoms with Gasteiger partial charge < -0.3 is 9.47 Å². The molecule has 120 valence electrons. The van der Waals surface area contributed by atoms with Crippen molar-refractivity contribution in [1.82, 2.24) is 19.2 Å². The first-order valence-electron chi connectivity index (χ1n) is 7.38. The van der Waals surface area contributed by atoms with E-state index < -0.39 is 10.0 Å². The largest absolute Gasteiger partial charge is 0.331 e. The molecule has 8 heteroatoms. The number of amides is 1. The van der Waals surface area contributed by atoms with E-state index in [0.717, 1.165) is 36.8 Å². The lowest BCUT2D eigenvalue weighted by atomic mass is 10.1. The predicted molar refractivity (Wildman–Crippen MR) is 81.5 cm³/mol. The third kappa shape index (κ3) is 3.22. The lowest BCUT2D eigenvalue weighted by Gasteiger charge is -2.34. The normalized spacial score (nSPS) is 21.6. The van der Waals surface area contributed by atoms with Gasteiger partial charge in [-0.15, -0.1) is 0 Å². The first-order valence-corrected chi connectivity index (χ1v) is 9.27. The summed E-state index contributed by atoms with van der Waals surface area (Å²) in [5.74, 6) is 0.0642. The Morgan fingerprint density at radius 3 is 3.00 bits per heavy atom. The van der Waals surface area contributed by atoms with Crippen LogP contribution in [0.2, 0.25) is 0 Å². The van der Waals surface area contributed by atoms with Crippen molar-refractivity contribution in [2.24, 2.45) is 0 Å². The van der Waals surface area contributed by atoms with E-state index in [1.165, 1.54) is 0 Å². The Morgan fingerprint density at radius 1 is 1.50 bits per heavy atom. The number of allylic oxidation sites excluding steroid dienone is 1. The van der Waals surface area contributed by atoms with E-state index in [9.17, 15) is 13.2 Å². The molecule has 1 aliphatic heterocycles. The summed E-state index contributed by atoms with van der Waals surface area (Å²) >= 11 is 0. The topological polar surface area (TPSA) is 84.3 Å². The number of fused-ring (bicyclic) bond motifs is 1. The standard InChI is InChI=1S/C14H20N4O3S/c1-22(20,21)16-7-13-9-17(8-12-6-15-10-18(12)13)14(19)11-4-2-3-5-11/h4,6,10,13,16H,2-3,5,7-9H2,1H3/t13-/m0/s1. The van der Waals surface area contributed by atoms with Gasteiger partial charge in [0.15, 0.2) is 0 Å². The van der Waals surface area contributed by atoms with Crippen LogP contribution in [0.4, 0.5) is 0 Å². The van der Waals surface area contributed by atoms with E-state index in [-0.39, 0.29) is 18.5 Å². The van der Waals surface area contributed by atoms with Crippen LogP contribution in [0.25, 0.3) is 0 Å². The number of nitrogens with zero attached hydrogens (tertiary/aromatic N) is 3. The van der Waals surface area contributed by atoms with Crippen molar-refractivity contribution in [2.75, 3.05) is 19.3 Å². The highest BCUT2D eigenvalue weighted by Crippen LogP contribution is 2.25. The third-order valence-corrected chi connectivity index (χ3v) is 4.80. The van der Waals surface area contributed by atoms with Crippen LogP contribution < -0.4 is 4.72 Å². The Kier molecular flexibility index (Phi) is 4.05. The molecular formula is C14H20N4O3S. The predicted octanol–water partition coefficient (Wildman–Crippen LogP) is 0.426. The summed E-state index contributed by atoms with van der Waals surface area (Å²) < 4.78 is 27.1. The molecule has 0 saturated carbocycles. The second-order valence-electron chi connectivity index (χ2n) is 5.87. The molecule has 1 aliphatic carbocycles. The van der Waals surface area contributed by atoms with Gasteiger partial charge in [0, 0.05) is 24.9 Å². The maximum atomic E-state index is 12.6. The van der Waals surface area contributed by atoms with E-state index >= 15 is 0 Å². The van der Waals surface area contributed by atoms with E-state index in [0.29, 0.717) is 13.1 Å². The first kappa shape index (κ1) is 15.2. The van der Waals surface area contributed by atoms with Crippen LogP contribution in [-0.4, -0.2) is 48.1 Å². The quantitative estimate of drug-likeness (QED) is 0.870. The van der Waals surface area contributed by atoms with Crippen LogP contribution in [-0.2, 0) is 21.4 Å². The maximum absolute atomic E-state index is 12.6. The second kappa shape index (κ2) is 5.85. The average Bonchev–Trinajstić information content (AvgIpc) is 3.13. The van der Waals surface area contributed by atoms with Gasteiger partial charge in [0.05, 0.1) is 30.9 Å². The van der Waals surface area contributed by atoms with Crippen LogP contribution in [0, 0.1) is 0 Å². The first-order chi connectivity index (χ1) is 10.4. The number of nitrogens with one attached hydrogen (secondary N) is 1. The number of aromatic nitrogens is 2. The molecule has 0 radical (unpaired) electrons. The maximum Gasteiger partial charge on any atom is 0.249 e. The lowest BCUT2D eigenvalue weighted by molar-refractivity contribution is -0.129. The summed E-state index contributed by atoms with van der Waals surface area (Å²) in [6, 6.07) is -0.132. The van der Waals surface area contributed by atoms with Crippen molar-refractivity contribution in [2.45, 2.75) is 31.8 Å². The molecule has 0 fully saturated rings. The molecule has 1 atom stereocenters. The fourth-order valence-electron chi connectivity index (χ4n) is 3.02. The number of hydrogen-bond donors (Lipinski definition) is 1. The summed E-state index contributed by atoms with van der Waals surface area (Å²) in [6.07, 6.45) is 9.41. The monoisotopic (exact) mass is 324 g/mol. The fraction of sp³-hybridized carbons (Fsp3) is 0.571. The summed E-state index contributed by atoms with van der Waals surface area (Å²) in [7, 11) is -3.26. The summed E-state index contributed by atoms with van der Waals surface area (Å²) in [6.45, 7) is 1.26. The molecule has 22 heavy (non-hydrogen) atoms. The van der Waals surface area contributed by atoms with Gasteiger partial charge >= 0.3 is 0 Å². The zero-order valence-electron chi connectivity index (χ0n) is 12.5. The van der Waals surface area contributed by atoms with Crippen LogP contribution in [0.5, 0.6) is 0 Å².